The van der Waals surface area contributed by atoms with Crippen LogP contribution in [0.15, 0.2) is 22.7 Å². The molecule has 1 N–H and O–H groups in total. The van der Waals surface area contributed by atoms with Crippen LogP contribution in [0.25, 0.3) is 0 Å². The summed E-state index contributed by atoms with van der Waals surface area (Å²) in [7, 11) is 0. The van der Waals surface area contributed by atoms with E-state index in [1.165, 1.54) is 6.07 Å². The smallest absolute Gasteiger partial charge is 0.129 e. The molecule has 3 heteroatoms. The molecule has 0 aromatic heterocycles. The lowest BCUT2D eigenvalue weighted by atomic mass is 9.92. The van der Waals surface area contributed by atoms with Gasteiger partial charge in [-0.15, -0.1) is 0 Å². The van der Waals surface area contributed by atoms with E-state index >= 15 is 0 Å². The molecule has 0 amide bonds. The molecular weight excluding hydrogens is 269 g/mol. The fourth-order valence-electron chi connectivity index (χ4n) is 1.83. The van der Waals surface area contributed by atoms with E-state index < -0.39 is 0 Å². The van der Waals surface area contributed by atoms with Crippen molar-refractivity contribution in [2.24, 2.45) is 5.92 Å². The number of halogens is 2. The van der Waals surface area contributed by atoms with Gasteiger partial charge in [-0.3, -0.25) is 0 Å². The standard InChI is InChI=1S/C13H19BrFN/c1-4-9(3)13(16-5-2)11-7-6-10(14)8-12(11)15/h6-9,13,16H,4-5H2,1-3H3. The first-order valence-corrected chi connectivity index (χ1v) is 6.57. The van der Waals surface area contributed by atoms with E-state index in [0.717, 1.165) is 23.0 Å². The largest absolute Gasteiger partial charge is 0.310 e. The van der Waals surface area contributed by atoms with E-state index in [-0.39, 0.29) is 11.9 Å². The molecule has 1 aromatic carbocycles. The number of rotatable bonds is 5. The zero-order chi connectivity index (χ0) is 12.1. The monoisotopic (exact) mass is 287 g/mol. The van der Waals surface area contributed by atoms with Crippen LogP contribution >= 0.6 is 15.9 Å². The van der Waals surface area contributed by atoms with Gasteiger partial charge >= 0.3 is 0 Å². The van der Waals surface area contributed by atoms with Crippen molar-refractivity contribution >= 4 is 15.9 Å². The van der Waals surface area contributed by atoms with Crippen molar-refractivity contribution < 1.29 is 4.39 Å². The number of benzene rings is 1. The normalized spacial score (nSPS) is 14.8. The summed E-state index contributed by atoms with van der Waals surface area (Å²) in [5.41, 5.74) is 0.763. The van der Waals surface area contributed by atoms with Crippen molar-refractivity contribution in [1.82, 2.24) is 5.32 Å². The average Bonchev–Trinajstić information content (AvgIpc) is 2.26. The van der Waals surface area contributed by atoms with Crippen LogP contribution in [0.2, 0.25) is 0 Å². The lowest BCUT2D eigenvalue weighted by Gasteiger charge is -2.24. The van der Waals surface area contributed by atoms with Crippen molar-refractivity contribution in [3.8, 4) is 0 Å². The first-order valence-electron chi connectivity index (χ1n) is 5.78. The first-order chi connectivity index (χ1) is 7.60. The molecule has 0 aliphatic carbocycles. The van der Waals surface area contributed by atoms with Crippen molar-refractivity contribution in [2.45, 2.75) is 33.2 Å². The van der Waals surface area contributed by atoms with Gasteiger partial charge in [0.2, 0.25) is 0 Å². The molecule has 1 nitrogen and oxygen atoms in total. The third kappa shape index (κ3) is 3.29. The molecule has 0 fully saturated rings. The molecule has 0 spiro atoms. The van der Waals surface area contributed by atoms with Crippen LogP contribution in [-0.4, -0.2) is 6.54 Å². The fourth-order valence-corrected chi connectivity index (χ4v) is 2.16. The van der Waals surface area contributed by atoms with Gasteiger partial charge in [0, 0.05) is 16.1 Å². The number of nitrogens with one attached hydrogen (secondary N) is 1. The van der Waals surface area contributed by atoms with E-state index in [4.69, 9.17) is 0 Å². The molecule has 90 valence electrons. The molecular formula is C13H19BrFN. The topological polar surface area (TPSA) is 12.0 Å². The summed E-state index contributed by atoms with van der Waals surface area (Å²) in [6.07, 6.45) is 1.03. The highest BCUT2D eigenvalue weighted by molar-refractivity contribution is 9.10. The summed E-state index contributed by atoms with van der Waals surface area (Å²) in [6.45, 7) is 7.18. The predicted octanol–water partition coefficient (Wildman–Crippen LogP) is 4.28. The average molecular weight is 288 g/mol. The van der Waals surface area contributed by atoms with Gasteiger partial charge in [-0.2, -0.15) is 0 Å². The van der Waals surface area contributed by atoms with Crippen LogP contribution < -0.4 is 5.32 Å². The lowest BCUT2D eigenvalue weighted by molar-refractivity contribution is 0.372. The Hall–Kier alpha value is -0.410. The Morgan fingerprint density at radius 1 is 1.38 bits per heavy atom. The Morgan fingerprint density at radius 3 is 2.56 bits per heavy atom. The SMILES string of the molecule is CCNC(c1ccc(Br)cc1F)C(C)CC. The van der Waals surface area contributed by atoms with Crippen molar-refractivity contribution in [3.05, 3.63) is 34.1 Å². The maximum atomic E-state index is 13.9. The molecule has 1 rings (SSSR count). The number of hydrogen-bond donors (Lipinski definition) is 1. The third-order valence-corrected chi connectivity index (χ3v) is 3.43. The van der Waals surface area contributed by atoms with E-state index in [9.17, 15) is 4.39 Å². The van der Waals surface area contributed by atoms with Gasteiger partial charge in [-0.05, 0) is 24.6 Å². The Morgan fingerprint density at radius 2 is 2.06 bits per heavy atom. The Balaban J connectivity index is 3.00. The zero-order valence-electron chi connectivity index (χ0n) is 10.1. The van der Waals surface area contributed by atoms with Crippen molar-refractivity contribution in [1.29, 1.82) is 0 Å². The zero-order valence-corrected chi connectivity index (χ0v) is 11.6. The minimum absolute atomic E-state index is 0.100. The first kappa shape index (κ1) is 13.7. The summed E-state index contributed by atoms with van der Waals surface area (Å²) in [5, 5.41) is 3.35. The van der Waals surface area contributed by atoms with Gasteiger partial charge in [0.15, 0.2) is 0 Å². The molecule has 0 aliphatic heterocycles. The maximum absolute atomic E-state index is 13.9. The van der Waals surface area contributed by atoms with E-state index in [1.54, 1.807) is 0 Å². The van der Waals surface area contributed by atoms with Gasteiger partial charge in [-0.25, -0.2) is 4.39 Å². The molecule has 0 aliphatic rings. The highest BCUT2D eigenvalue weighted by Gasteiger charge is 2.20. The molecule has 2 atom stereocenters. The van der Waals surface area contributed by atoms with Gasteiger partial charge in [0.1, 0.15) is 5.82 Å². The molecule has 0 radical (unpaired) electrons. The van der Waals surface area contributed by atoms with Crippen molar-refractivity contribution in [2.75, 3.05) is 6.54 Å². The fraction of sp³-hybridized carbons (Fsp3) is 0.538. The molecule has 0 saturated heterocycles. The van der Waals surface area contributed by atoms with Crippen LogP contribution in [0.5, 0.6) is 0 Å². The van der Waals surface area contributed by atoms with Gasteiger partial charge in [0.05, 0.1) is 0 Å². The van der Waals surface area contributed by atoms with Crippen LogP contribution in [0.4, 0.5) is 4.39 Å². The van der Waals surface area contributed by atoms with Crippen LogP contribution in [0.3, 0.4) is 0 Å². The highest BCUT2D eigenvalue weighted by atomic mass is 79.9. The second kappa shape index (κ2) is 6.36. The third-order valence-electron chi connectivity index (χ3n) is 2.93. The summed E-state index contributed by atoms with van der Waals surface area (Å²) in [6, 6.07) is 5.38. The van der Waals surface area contributed by atoms with Crippen molar-refractivity contribution in [3.63, 3.8) is 0 Å². The Labute approximate surface area is 106 Å². The van der Waals surface area contributed by atoms with Crippen LogP contribution in [-0.2, 0) is 0 Å². The number of hydrogen-bond acceptors (Lipinski definition) is 1. The summed E-state index contributed by atoms with van der Waals surface area (Å²) < 4.78 is 14.6. The molecule has 16 heavy (non-hydrogen) atoms. The van der Waals surface area contributed by atoms with Crippen LogP contribution in [0.1, 0.15) is 38.8 Å². The minimum Gasteiger partial charge on any atom is -0.310 e. The second-order valence-electron chi connectivity index (χ2n) is 4.09. The lowest BCUT2D eigenvalue weighted by Crippen LogP contribution is -2.27. The molecule has 0 heterocycles. The highest BCUT2D eigenvalue weighted by Crippen LogP contribution is 2.28. The van der Waals surface area contributed by atoms with E-state index in [1.807, 2.05) is 19.1 Å². The summed E-state index contributed by atoms with van der Waals surface area (Å²) in [5.74, 6) is 0.288. The minimum atomic E-state index is -0.138. The molecule has 1 aromatic rings. The van der Waals surface area contributed by atoms with Gasteiger partial charge < -0.3 is 5.32 Å². The van der Waals surface area contributed by atoms with Gasteiger partial charge in [-0.1, -0.05) is 49.2 Å². The molecule has 2 unspecified atom stereocenters. The quantitative estimate of drug-likeness (QED) is 0.852. The Kier molecular flexibility index (Phi) is 5.42. The summed E-state index contributed by atoms with van der Waals surface area (Å²) in [4.78, 5) is 0. The maximum Gasteiger partial charge on any atom is 0.129 e. The van der Waals surface area contributed by atoms with E-state index in [2.05, 4.69) is 35.1 Å². The van der Waals surface area contributed by atoms with E-state index in [0.29, 0.717) is 5.92 Å². The van der Waals surface area contributed by atoms with Crippen LogP contribution in [0, 0.1) is 11.7 Å². The predicted molar refractivity (Wildman–Crippen MR) is 70.0 cm³/mol. The van der Waals surface area contributed by atoms with Gasteiger partial charge in [0.25, 0.3) is 0 Å². The summed E-state index contributed by atoms with van der Waals surface area (Å²) >= 11 is 3.28. The molecule has 0 bridgehead atoms. The Bertz CT molecular complexity index is 341. The molecule has 0 saturated carbocycles. The second-order valence-corrected chi connectivity index (χ2v) is 5.00.